The summed E-state index contributed by atoms with van der Waals surface area (Å²) in [5, 5.41) is 12.0. The van der Waals surface area contributed by atoms with Crippen LogP contribution in [0.3, 0.4) is 0 Å². The number of amides is 1. The lowest BCUT2D eigenvalue weighted by molar-refractivity contribution is -0.128. The van der Waals surface area contributed by atoms with Crippen LogP contribution in [0.1, 0.15) is 36.9 Å². The van der Waals surface area contributed by atoms with Crippen LogP contribution in [-0.4, -0.2) is 84.6 Å². The van der Waals surface area contributed by atoms with E-state index in [1.807, 2.05) is 0 Å². The van der Waals surface area contributed by atoms with E-state index in [1.54, 1.807) is 4.90 Å². The summed E-state index contributed by atoms with van der Waals surface area (Å²) >= 11 is 0. The quantitative estimate of drug-likeness (QED) is 0.363. The molecule has 0 N–H and O–H groups in total. The van der Waals surface area contributed by atoms with E-state index < -0.39 is 0 Å². The van der Waals surface area contributed by atoms with Crippen molar-refractivity contribution in [2.24, 2.45) is 5.92 Å². The van der Waals surface area contributed by atoms with Gasteiger partial charge in [-0.15, -0.1) is 0 Å². The molecule has 1 saturated heterocycles. The normalized spacial score (nSPS) is 22.0. The SMILES string of the molecule is C=CC(=O)N1CCN(c2nc(OCC3CCC(N(C)C)C3)nc3c2CCN(c2cccc4ccccc24)C3)CC1CC#N. The van der Waals surface area contributed by atoms with Gasteiger partial charge in [-0.1, -0.05) is 43.0 Å². The maximum Gasteiger partial charge on any atom is 0.318 e. The minimum Gasteiger partial charge on any atom is -0.463 e. The molecule has 2 aliphatic heterocycles. The zero-order chi connectivity index (χ0) is 29.9. The van der Waals surface area contributed by atoms with E-state index in [1.165, 1.54) is 29.0 Å². The number of nitriles is 1. The van der Waals surface area contributed by atoms with Crippen LogP contribution in [-0.2, 0) is 17.8 Å². The zero-order valence-corrected chi connectivity index (χ0v) is 25.3. The molecule has 3 atom stereocenters. The maximum absolute atomic E-state index is 12.5. The summed E-state index contributed by atoms with van der Waals surface area (Å²) in [5.41, 5.74) is 3.33. The van der Waals surface area contributed by atoms with Crippen LogP contribution in [0.4, 0.5) is 11.5 Å². The lowest BCUT2D eigenvalue weighted by Crippen LogP contribution is -2.55. The molecule has 3 heterocycles. The number of hydrogen-bond acceptors (Lipinski definition) is 8. The second kappa shape index (κ2) is 12.6. The van der Waals surface area contributed by atoms with E-state index in [0.29, 0.717) is 50.8 Å². The topological polar surface area (TPSA) is 88.8 Å². The highest BCUT2D eigenvalue weighted by molar-refractivity contribution is 5.94. The molecule has 1 saturated carbocycles. The first kappa shape index (κ1) is 28.9. The van der Waals surface area contributed by atoms with Crippen molar-refractivity contribution in [2.75, 3.05) is 56.7 Å². The Morgan fingerprint density at radius 2 is 1.95 bits per heavy atom. The van der Waals surface area contributed by atoms with E-state index in [4.69, 9.17) is 14.7 Å². The highest BCUT2D eigenvalue weighted by Gasteiger charge is 2.34. The van der Waals surface area contributed by atoms with Crippen molar-refractivity contribution in [2.45, 2.75) is 50.7 Å². The van der Waals surface area contributed by atoms with Crippen molar-refractivity contribution < 1.29 is 9.53 Å². The van der Waals surface area contributed by atoms with Gasteiger partial charge in [-0.05, 0) is 63.2 Å². The molecule has 0 bridgehead atoms. The highest BCUT2D eigenvalue weighted by Crippen LogP contribution is 2.35. The molecule has 1 aromatic heterocycles. The smallest absolute Gasteiger partial charge is 0.318 e. The number of carbonyl (C=O) groups excluding carboxylic acids is 1. The summed E-state index contributed by atoms with van der Waals surface area (Å²) in [6.45, 7) is 7.47. The third-order valence-corrected chi connectivity index (χ3v) is 9.39. The third kappa shape index (κ3) is 6.02. The Morgan fingerprint density at radius 3 is 2.74 bits per heavy atom. The fraction of sp³-hybridized carbons (Fsp3) is 0.471. The number of carbonyl (C=O) groups is 1. The van der Waals surface area contributed by atoms with Crippen LogP contribution >= 0.6 is 0 Å². The average Bonchev–Trinajstić information content (AvgIpc) is 3.52. The van der Waals surface area contributed by atoms with Crippen molar-refractivity contribution >= 4 is 28.2 Å². The van der Waals surface area contributed by atoms with Crippen molar-refractivity contribution in [3.63, 3.8) is 0 Å². The molecule has 43 heavy (non-hydrogen) atoms. The molecule has 0 radical (unpaired) electrons. The van der Waals surface area contributed by atoms with E-state index in [2.05, 4.69) is 83.9 Å². The molecule has 2 aromatic carbocycles. The Hall–Kier alpha value is -4.16. The summed E-state index contributed by atoms with van der Waals surface area (Å²) in [6, 6.07) is 18.0. The summed E-state index contributed by atoms with van der Waals surface area (Å²) in [5.74, 6) is 1.23. The van der Waals surface area contributed by atoms with Crippen LogP contribution < -0.4 is 14.5 Å². The van der Waals surface area contributed by atoms with E-state index in [-0.39, 0.29) is 18.4 Å². The number of rotatable bonds is 8. The molecule has 3 unspecified atom stereocenters. The minimum absolute atomic E-state index is 0.132. The predicted octanol–water partition coefficient (Wildman–Crippen LogP) is 4.42. The van der Waals surface area contributed by atoms with Gasteiger partial charge in [-0.25, -0.2) is 0 Å². The van der Waals surface area contributed by atoms with Gasteiger partial charge in [0.15, 0.2) is 0 Å². The molecule has 2 fully saturated rings. The predicted molar refractivity (Wildman–Crippen MR) is 169 cm³/mol. The first-order valence-electron chi connectivity index (χ1n) is 15.4. The molecule has 9 nitrogen and oxygen atoms in total. The Bertz CT molecular complexity index is 1530. The maximum atomic E-state index is 12.5. The molecule has 1 aliphatic carbocycles. The molecule has 6 rings (SSSR count). The zero-order valence-electron chi connectivity index (χ0n) is 25.3. The van der Waals surface area contributed by atoms with Gasteiger partial charge in [0.05, 0.1) is 37.4 Å². The molecule has 3 aliphatic rings. The van der Waals surface area contributed by atoms with Gasteiger partial charge in [0.2, 0.25) is 5.91 Å². The molecule has 224 valence electrons. The van der Waals surface area contributed by atoms with Crippen molar-refractivity contribution in [3.05, 3.63) is 66.4 Å². The Balaban J connectivity index is 1.30. The van der Waals surface area contributed by atoms with Gasteiger partial charge in [-0.2, -0.15) is 15.2 Å². The van der Waals surface area contributed by atoms with Crippen molar-refractivity contribution in [1.29, 1.82) is 5.26 Å². The number of aromatic nitrogens is 2. The van der Waals surface area contributed by atoms with Gasteiger partial charge in [0.25, 0.3) is 0 Å². The number of ether oxygens (including phenoxy) is 1. The van der Waals surface area contributed by atoms with Crippen molar-refractivity contribution in [3.8, 4) is 12.1 Å². The number of nitrogens with zero attached hydrogens (tertiary/aromatic N) is 7. The molecule has 3 aromatic rings. The van der Waals surface area contributed by atoms with Crippen LogP contribution in [0.15, 0.2) is 55.1 Å². The molecule has 0 spiro atoms. The average molecular weight is 580 g/mol. The number of benzene rings is 2. The number of fused-ring (bicyclic) bond motifs is 2. The number of hydrogen-bond donors (Lipinski definition) is 0. The summed E-state index contributed by atoms with van der Waals surface area (Å²) in [4.78, 5) is 31.3. The first-order chi connectivity index (χ1) is 20.9. The van der Waals surface area contributed by atoms with Gasteiger partial charge in [0.1, 0.15) is 5.82 Å². The van der Waals surface area contributed by atoms with Crippen LogP contribution in [0.2, 0.25) is 0 Å². The molecular formula is C34H41N7O2. The Morgan fingerprint density at radius 1 is 1.12 bits per heavy atom. The Labute approximate surface area is 254 Å². The fourth-order valence-corrected chi connectivity index (χ4v) is 7.00. The summed E-state index contributed by atoms with van der Waals surface area (Å²) < 4.78 is 6.36. The third-order valence-electron chi connectivity index (χ3n) is 9.39. The van der Waals surface area contributed by atoms with Crippen LogP contribution in [0.5, 0.6) is 6.01 Å². The lowest BCUT2D eigenvalue weighted by atomic mass is 10.0. The second-order valence-corrected chi connectivity index (χ2v) is 12.2. The van der Waals surface area contributed by atoms with E-state index in [0.717, 1.165) is 42.9 Å². The van der Waals surface area contributed by atoms with Gasteiger partial charge < -0.3 is 24.3 Å². The highest BCUT2D eigenvalue weighted by atomic mass is 16.5. The standard InChI is InChI=1S/C34H41N7O2/c1-4-32(42)41-19-18-40(21-27(41)14-16-35)33-29-15-17-39(31-11-7-9-25-8-5-6-10-28(25)31)22-30(29)36-34(37-33)43-23-24-12-13-26(20-24)38(2)3/h4-11,24,26-27H,1,12-15,17-23H2,2-3H3. The summed E-state index contributed by atoms with van der Waals surface area (Å²) in [6.07, 6.45) is 5.85. The fourth-order valence-electron chi connectivity index (χ4n) is 7.00. The lowest BCUT2D eigenvalue weighted by Gasteiger charge is -2.42. The molecular weight excluding hydrogens is 538 g/mol. The first-order valence-corrected chi connectivity index (χ1v) is 15.4. The number of piperazine rings is 1. The Kier molecular flexibility index (Phi) is 8.48. The van der Waals surface area contributed by atoms with E-state index in [9.17, 15) is 10.1 Å². The van der Waals surface area contributed by atoms with Gasteiger partial charge in [-0.3, -0.25) is 4.79 Å². The van der Waals surface area contributed by atoms with Crippen molar-refractivity contribution in [1.82, 2.24) is 19.8 Å². The van der Waals surface area contributed by atoms with Gasteiger partial charge in [0, 0.05) is 48.9 Å². The second-order valence-electron chi connectivity index (χ2n) is 12.2. The van der Waals surface area contributed by atoms with Crippen LogP contribution in [0.25, 0.3) is 10.8 Å². The molecule has 9 heteroatoms. The van der Waals surface area contributed by atoms with Gasteiger partial charge >= 0.3 is 6.01 Å². The summed E-state index contributed by atoms with van der Waals surface area (Å²) in [7, 11) is 4.30. The van der Waals surface area contributed by atoms with Crippen LogP contribution in [0, 0.1) is 17.2 Å². The monoisotopic (exact) mass is 579 g/mol. The minimum atomic E-state index is -0.225. The van der Waals surface area contributed by atoms with E-state index >= 15 is 0 Å². The largest absolute Gasteiger partial charge is 0.463 e. The number of anilines is 2. The molecule has 1 amide bonds.